The first-order valence-electron chi connectivity index (χ1n) is 5.23. The van der Waals surface area contributed by atoms with Crippen LogP contribution in [0.3, 0.4) is 0 Å². The van der Waals surface area contributed by atoms with E-state index >= 15 is 0 Å². The largest absolute Gasteiger partial charge is 0.468 e. The van der Waals surface area contributed by atoms with Crippen LogP contribution in [0, 0.1) is 5.41 Å². The molecule has 0 radical (unpaired) electrons. The van der Waals surface area contributed by atoms with E-state index in [1.807, 2.05) is 0 Å². The number of halogens is 1. The Labute approximate surface area is 107 Å². The molecule has 6 nitrogen and oxygen atoms in total. The molecule has 1 atom stereocenters. The maximum Gasteiger partial charge on any atom is 0.321 e. The van der Waals surface area contributed by atoms with Gasteiger partial charge in [0.2, 0.25) is 10.0 Å². The minimum Gasteiger partial charge on any atom is -0.468 e. The van der Waals surface area contributed by atoms with E-state index < -0.39 is 16.0 Å². The normalized spacial score (nSPS) is 31.4. The van der Waals surface area contributed by atoms with Crippen molar-refractivity contribution in [3.8, 4) is 0 Å². The Balaban J connectivity index is 0.00000144. The van der Waals surface area contributed by atoms with E-state index in [4.69, 9.17) is 0 Å². The van der Waals surface area contributed by atoms with E-state index in [9.17, 15) is 13.2 Å². The van der Waals surface area contributed by atoms with Crippen molar-refractivity contribution in [1.82, 2.24) is 9.62 Å². The number of nitrogens with one attached hydrogen (secondary N) is 1. The van der Waals surface area contributed by atoms with Gasteiger partial charge in [0.15, 0.2) is 0 Å². The number of hydrogen-bond donors (Lipinski definition) is 1. The standard InChI is InChI=1S/C9H16N2O4S.ClH/c1-15-8(12)4-11-6-9(2-3-10-5-9)7-16(11,13)14;/h10H,2-7H2,1H3;1H. The highest BCUT2D eigenvalue weighted by Gasteiger charge is 2.49. The van der Waals surface area contributed by atoms with Crippen LogP contribution in [0.25, 0.3) is 0 Å². The molecule has 1 N–H and O–H groups in total. The van der Waals surface area contributed by atoms with Crippen LogP contribution in [0.4, 0.5) is 0 Å². The third-order valence-corrected chi connectivity index (χ3v) is 5.28. The smallest absolute Gasteiger partial charge is 0.321 e. The molecule has 1 unspecified atom stereocenters. The number of methoxy groups -OCH3 is 1. The van der Waals surface area contributed by atoms with Crippen molar-refractivity contribution in [3.63, 3.8) is 0 Å². The number of ether oxygens (including phenoxy) is 1. The molecule has 100 valence electrons. The van der Waals surface area contributed by atoms with Crippen LogP contribution in [-0.4, -0.2) is 57.7 Å². The van der Waals surface area contributed by atoms with E-state index in [1.54, 1.807) is 0 Å². The lowest BCUT2D eigenvalue weighted by Gasteiger charge is -2.19. The summed E-state index contributed by atoms with van der Waals surface area (Å²) in [5.74, 6) is -0.365. The Morgan fingerprint density at radius 3 is 2.76 bits per heavy atom. The van der Waals surface area contributed by atoms with Crippen molar-refractivity contribution in [2.45, 2.75) is 6.42 Å². The fourth-order valence-electron chi connectivity index (χ4n) is 2.41. The predicted octanol–water partition coefficient (Wildman–Crippen LogP) is -0.794. The first kappa shape index (κ1) is 14.7. The van der Waals surface area contributed by atoms with Crippen molar-refractivity contribution >= 4 is 28.4 Å². The average molecular weight is 285 g/mol. The fraction of sp³-hybridized carbons (Fsp3) is 0.889. The Hall–Kier alpha value is -0.370. The van der Waals surface area contributed by atoms with E-state index in [0.29, 0.717) is 13.1 Å². The fourth-order valence-corrected chi connectivity index (χ4v) is 4.48. The van der Waals surface area contributed by atoms with Crippen LogP contribution >= 0.6 is 12.4 Å². The quantitative estimate of drug-likeness (QED) is 0.673. The molecule has 0 aromatic carbocycles. The van der Waals surface area contributed by atoms with Crippen molar-refractivity contribution in [2.75, 3.05) is 39.0 Å². The summed E-state index contributed by atoms with van der Waals surface area (Å²) in [7, 11) is -2.03. The van der Waals surface area contributed by atoms with Gasteiger partial charge in [-0.3, -0.25) is 4.79 Å². The van der Waals surface area contributed by atoms with Crippen molar-refractivity contribution in [3.05, 3.63) is 0 Å². The first-order chi connectivity index (χ1) is 7.47. The van der Waals surface area contributed by atoms with Gasteiger partial charge in [0.05, 0.1) is 12.9 Å². The summed E-state index contributed by atoms with van der Waals surface area (Å²) in [6.45, 7) is 1.82. The second-order valence-electron chi connectivity index (χ2n) is 4.53. The van der Waals surface area contributed by atoms with Gasteiger partial charge in [-0.25, -0.2) is 8.42 Å². The summed E-state index contributed by atoms with van der Waals surface area (Å²) in [5.41, 5.74) is -0.202. The minimum absolute atomic E-state index is 0. The number of carbonyl (C=O) groups is 1. The molecule has 2 rings (SSSR count). The van der Waals surface area contributed by atoms with Gasteiger partial charge in [0.25, 0.3) is 0 Å². The summed E-state index contributed by atoms with van der Waals surface area (Å²) in [6.07, 6.45) is 0.851. The second-order valence-corrected chi connectivity index (χ2v) is 6.50. The van der Waals surface area contributed by atoms with E-state index in [2.05, 4.69) is 10.1 Å². The molecule has 0 saturated carbocycles. The van der Waals surface area contributed by atoms with Crippen LogP contribution in [0.1, 0.15) is 6.42 Å². The highest BCUT2D eigenvalue weighted by Crippen LogP contribution is 2.36. The Morgan fingerprint density at radius 1 is 1.53 bits per heavy atom. The van der Waals surface area contributed by atoms with Crippen LogP contribution in [-0.2, 0) is 19.6 Å². The monoisotopic (exact) mass is 284 g/mol. The molecule has 2 heterocycles. The van der Waals surface area contributed by atoms with Crippen LogP contribution in [0.15, 0.2) is 0 Å². The Morgan fingerprint density at radius 2 is 2.24 bits per heavy atom. The molecular weight excluding hydrogens is 268 g/mol. The van der Waals surface area contributed by atoms with Gasteiger partial charge in [-0.1, -0.05) is 0 Å². The highest BCUT2D eigenvalue weighted by molar-refractivity contribution is 7.89. The Bertz CT molecular complexity index is 392. The predicted molar refractivity (Wildman–Crippen MR) is 64.5 cm³/mol. The first-order valence-corrected chi connectivity index (χ1v) is 6.84. The summed E-state index contributed by atoms with van der Waals surface area (Å²) < 4.78 is 29.5. The van der Waals surface area contributed by atoms with Crippen molar-refractivity contribution in [1.29, 1.82) is 0 Å². The molecule has 17 heavy (non-hydrogen) atoms. The zero-order chi connectivity index (χ0) is 11.8. The highest BCUT2D eigenvalue weighted by atomic mass is 35.5. The zero-order valence-electron chi connectivity index (χ0n) is 9.64. The summed E-state index contributed by atoms with van der Waals surface area (Å²) >= 11 is 0. The lowest BCUT2D eigenvalue weighted by Crippen LogP contribution is -2.34. The molecule has 0 aromatic rings. The topological polar surface area (TPSA) is 75.7 Å². The van der Waals surface area contributed by atoms with Crippen LogP contribution < -0.4 is 5.32 Å². The molecule has 0 bridgehead atoms. The summed E-state index contributed by atoms with van der Waals surface area (Å²) in [5, 5.41) is 3.17. The third-order valence-electron chi connectivity index (χ3n) is 3.26. The molecule has 8 heteroatoms. The number of sulfonamides is 1. The molecule has 2 saturated heterocycles. The number of esters is 1. The van der Waals surface area contributed by atoms with Crippen molar-refractivity contribution < 1.29 is 17.9 Å². The Kier molecular flexibility index (Phi) is 4.40. The number of rotatable bonds is 2. The summed E-state index contributed by atoms with van der Waals surface area (Å²) in [6, 6.07) is 0. The molecule has 0 aromatic heterocycles. The van der Waals surface area contributed by atoms with Crippen molar-refractivity contribution in [2.24, 2.45) is 5.41 Å². The zero-order valence-corrected chi connectivity index (χ0v) is 11.3. The van der Waals surface area contributed by atoms with Gasteiger partial charge in [-0.15, -0.1) is 12.4 Å². The van der Waals surface area contributed by atoms with Crippen LogP contribution in [0.2, 0.25) is 0 Å². The maximum atomic E-state index is 11.9. The van der Waals surface area contributed by atoms with Gasteiger partial charge >= 0.3 is 5.97 Å². The maximum absolute atomic E-state index is 11.9. The van der Waals surface area contributed by atoms with Gasteiger partial charge in [-0.05, 0) is 13.0 Å². The molecule has 2 fully saturated rings. The second kappa shape index (κ2) is 5.09. The minimum atomic E-state index is -3.29. The van der Waals surface area contributed by atoms with Gasteiger partial charge in [0, 0.05) is 18.5 Å². The molecular formula is C9H17ClN2O4S. The molecule has 0 amide bonds. The van der Waals surface area contributed by atoms with Gasteiger partial charge < -0.3 is 10.1 Å². The lowest BCUT2D eigenvalue weighted by atomic mass is 9.90. The van der Waals surface area contributed by atoms with Crippen LogP contribution in [0.5, 0.6) is 0 Å². The number of hydrogen-bond acceptors (Lipinski definition) is 5. The molecule has 2 aliphatic heterocycles. The SMILES string of the molecule is COC(=O)CN1CC2(CCNC2)CS1(=O)=O.Cl. The van der Waals surface area contributed by atoms with Gasteiger partial charge in [0.1, 0.15) is 6.54 Å². The van der Waals surface area contributed by atoms with Gasteiger partial charge in [-0.2, -0.15) is 4.31 Å². The van der Waals surface area contributed by atoms with E-state index in [-0.39, 0.29) is 30.1 Å². The third kappa shape index (κ3) is 2.90. The average Bonchev–Trinajstić information content (AvgIpc) is 2.73. The molecule has 1 spiro atoms. The van der Waals surface area contributed by atoms with E-state index in [1.165, 1.54) is 11.4 Å². The molecule has 2 aliphatic rings. The van der Waals surface area contributed by atoms with E-state index in [0.717, 1.165) is 13.0 Å². The molecule has 0 aliphatic carbocycles. The number of carbonyl (C=O) groups excluding carboxylic acids is 1. The number of nitrogens with zero attached hydrogens (tertiary/aromatic N) is 1. The summed E-state index contributed by atoms with van der Waals surface area (Å²) in [4.78, 5) is 11.1. The lowest BCUT2D eigenvalue weighted by molar-refractivity contribution is -0.140.